The van der Waals surface area contributed by atoms with Gasteiger partial charge >= 0.3 is 0 Å². The summed E-state index contributed by atoms with van der Waals surface area (Å²) >= 11 is 9.65. The van der Waals surface area contributed by atoms with E-state index in [2.05, 4.69) is 36.6 Å². The summed E-state index contributed by atoms with van der Waals surface area (Å²) in [4.78, 5) is 17.9. The Bertz CT molecular complexity index is 1520. The van der Waals surface area contributed by atoms with E-state index in [9.17, 15) is 4.79 Å². The van der Waals surface area contributed by atoms with E-state index in [1.165, 1.54) is 6.33 Å². The number of allylic oxidation sites excluding steroid dienone is 1. The highest BCUT2D eigenvalue weighted by Gasteiger charge is 2.34. The van der Waals surface area contributed by atoms with Gasteiger partial charge in [0.05, 0.1) is 17.2 Å². The molecule has 5 rings (SSSR count). The van der Waals surface area contributed by atoms with E-state index in [4.69, 9.17) is 21.1 Å². The normalized spacial score (nSPS) is 14.5. The summed E-state index contributed by atoms with van der Waals surface area (Å²) in [6, 6.07) is 18.3. The summed E-state index contributed by atoms with van der Waals surface area (Å²) in [5, 5.41) is 11.3. The van der Waals surface area contributed by atoms with Gasteiger partial charge in [-0.25, -0.2) is 4.68 Å². The number of fused-ring (bicyclic) bond motifs is 1. The molecule has 0 aliphatic carbocycles. The van der Waals surface area contributed by atoms with Crippen LogP contribution in [0.2, 0.25) is 5.02 Å². The fraction of sp³-hybridized carbons (Fsp3) is 0.179. The first-order valence-corrected chi connectivity index (χ1v) is 13.0. The average molecular weight is 595 g/mol. The van der Waals surface area contributed by atoms with Crippen molar-refractivity contribution in [1.82, 2.24) is 14.8 Å². The fourth-order valence-corrected chi connectivity index (χ4v) is 5.00. The summed E-state index contributed by atoms with van der Waals surface area (Å²) in [5.74, 6) is 1.35. The lowest BCUT2D eigenvalue weighted by atomic mass is 9.94. The van der Waals surface area contributed by atoms with Crippen LogP contribution in [-0.2, 0) is 11.4 Å². The molecule has 0 fully saturated rings. The number of rotatable bonds is 7. The number of carbonyl (C=O) groups excluding carboxylic acids is 1. The van der Waals surface area contributed by atoms with Crippen LogP contribution in [0.15, 0.2) is 82.7 Å². The number of hydrogen-bond acceptors (Lipinski definition) is 6. The van der Waals surface area contributed by atoms with Crippen molar-refractivity contribution in [3.63, 3.8) is 0 Å². The third-order valence-corrected chi connectivity index (χ3v) is 7.05. The van der Waals surface area contributed by atoms with Gasteiger partial charge in [0.25, 0.3) is 5.91 Å². The predicted molar refractivity (Wildman–Crippen MR) is 151 cm³/mol. The number of methoxy groups -OCH3 is 1. The van der Waals surface area contributed by atoms with Crippen LogP contribution in [0.4, 0.5) is 11.6 Å². The van der Waals surface area contributed by atoms with Crippen molar-refractivity contribution in [2.45, 2.75) is 26.5 Å². The molecule has 0 spiro atoms. The Hall–Kier alpha value is -3.82. The maximum atomic E-state index is 13.6. The molecule has 1 aliphatic rings. The molecular formula is C28H25BrClN5O3. The van der Waals surface area contributed by atoms with Gasteiger partial charge in [-0.05, 0) is 77.3 Å². The van der Waals surface area contributed by atoms with Crippen molar-refractivity contribution < 1.29 is 14.3 Å². The maximum absolute atomic E-state index is 13.6. The number of nitrogens with one attached hydrogen (secondary N) is 2. The van der Waals surface area contributed by atoms with Crippen LogP contribution in [0.25, 0.3) is 0 Å². The van der Waals surface area contributed by atoms with E-state index in [1.807, 2.05) is 74.5 Å². The Kier molecular flexibility index (Phi) is 7.40. The Labute approximate surface area is 233 Å². The minimum absolute atomic E-state index is 0.247. The number of nitrogens with zero attached hydrogens (tertiary/aromatic N) is 3. The zero-order valence-corrected chi connectivity index (χ0v) is 23.3. The first-order chi connectivity index (χ1) is 18.3. The van der Waals surface area contributed by atoms with Gasteiger partial charge in [0.15, 0.2) is 11.5 Å². The second-order valence-electron chi connectivity index (χ2n) is 8.86. The zero-order valence-electron chi connectivity index (χ0n) is 21.0. The first kappa shape index (κ1) is 25.8. The van der Waals surface area contributed by atoms with Crippen LogP contribution < -0.4 is 20.1 Å². The molecule has 2 N–H and O–H groups in total. The number of anilines is 2. The third kappa shape index (κ3) is 5.25. The molecule has 10 heteroatoms. The lowest BCUT2D eigenvalue weighted by Gasteiger charge is -2.29. The van der Waals surface area contributed by atoms with Gasteiger partial charge in [0.1, 0.15) is 19.0 Å². The molecule has 194 valence electrons. The van der Waals surface area contributed by atoms with Crippen LogP contribution >= 0.6 is 27.5 Å². The van der Waals surface area contributed by atoms with Crippen LogP contribution in [0.1, 0.15) is 29.7 Å². The molecule has 0 bridgehead atoms. The Morgan fingerprint density at radius 1 is 1.13 bits per heavy atom. The summed E-state index contributed by atoms with van der Waals surface area (Å²) in [5.41, 5.74) is 4.73. The lowest BCUT2D eigenvalue weighted by molar-refractivity contribution is -0.113. The fourth-order valence-electron chi connectivity index (χ4n) is 4.30. The monoisotopic (exact) mass is 593 g/mol. The largest absolute Gasteiger partial charge is 0.493 e. The second kappa shape index (κ2) is 10.9. The van der Waals surface area contributed by atoms with Crippen molar-refractivity contribution in [2.24, 2.45) is 0 Å². The minimum atomic E-state index is -0.560. The van der Waals surface area contributed by atoms with Crippen LogP contribution in [-0.4, -0.2) is 27.8 Å². The summed E-state index contributed by atoms with van der Waals surface area (Å²) in [7, 11) is 1.58. The van der Waals surface area contributed by atoms with Crippen molar-refractivity contribution >= 4 is 45.1 Å². The number of halogens is 2. The van der Waals surface area contributed by atoms with Gasteiger partial charge in [0, 0.05) is 16.4 Å². The van der Waals surface area contributed by atoms with Crippen molar-refractivity contribution in [3.05, 3.63) is 104 Å². The molecule has 1 atom stereocenters. The number of aryl methyl sites for hydroxylation is 1. The molecule has 2 heterocycles. The van der Waals surface area contributed by atoms with Crippen molar-refractivity contribution in [3.8, 4) is 11.5 Å². The minimum Gasteiger partial charge on any atom is -0.493 e. The molecule has 4 aromatic rings. The summed E-state index contributed by atoms with van der Waals surface area (Å²) in [6.07, 6.45) is 1.46. The molecule has 0 saturated heterocycles. The van der Waals surface area contributed by atoms with E-state index in [0.717, 1.165) is 16.7 Å². The smallest absolute Gasteiger partial charge is 0.255 e. The first-order valence-electron chi connectivity index (χ1n) is 11.8. The molecule has 1 amide bonds. The molecule has 1 aromatic heterocycles. The van der Waals surface area contributed by atoms with Crippen LogP contribution in [0.5, 0.6) is 11.5 Å². The molecule has 8 nitrogen and oxygen atoms in total. The van der Waals surface area contributed by atoms with Crippen LogP contribution in [0, 0.1) is 6.92 Å². The van der Waals surface area contributed by atoms with Crippen LogP contribution in [0.3, 0.4) is 0 Å². The average Bonchev–Trinajstić information content (AvgIpc) is 3.37. The summed E-state index contributed by atoms with van der Waals surface area (Å²) in [6.45, 7) is 4.18. The number of ether oxygens (including phenoxy) is 2. The molecule has 1 aliphatic heterocycles. The lowest BCUT2D eigenvalue weighted by Crippen LogP contribution is -2.31. The number of benzene rings is 3. The molecular weight excluding hydrogens is 570 g/mol. The van der Waals surface area contributed by atoms with Crippen molar-refractivity contribution in [2.75, 3.05) is 17.7 Å². The van der Waals surface area contributed by atoms with E-state index >= 15 is 0 Å². The van der Waals surface area contributed by atoms with Crippen molar-refractivity contribution in [1.29, 1.82) is 0 Å². The SMILES string of the molecule is COc1cc(C2C(C(=O)Nc3ccc(C)cc3)=C(C)Nc3ncnn32)cc(Br)c1OCc1ccc(Cl)cc1. The predicted octanol–water partition coefficient (Wildman–Crippen LogP) is 6.52. The number of amides is 1. The van der Waals surface area contributed by atoms with Gasteiger partial charge in [-0.15, -0.1) is 0 Å². The van der Waals surface area contributed by atoms with E-state index in [1.54, 1.807) is 11.8 Å². The molecule has 38 heavy (non-hydrogen) atoms. The zero-order chi connectivity index (χ0) is 26.8. The number of aromatic nitrogens is 3. The van der Waals surface area contributed by atoms with Gasteiger partial charge in [-0.2, -0.15) is 10.1 Å². The van der Waals surface area contributed by atoms with E-state index in [0.29, 0.717) is 50.5 Å². The highest BCUT2D eigenvalue weighted by Crippen LogP contribution is 2.43. The number of carbonyl (C=O) groups is 1. The third-order valence-electron chi connectivity index (χ3n) is 6.21. The Morgan fingerprint density at radius 3 is 2.58 bits per heavy atom. The Morgan fingerprint density at radius 2 is 1.87 bits per heavy atom. The molecule has 0 saturated carbocycles. The highest BCUT2D eigenvalue weighted by molar-refractivity contribution is 9.10. The van der Waals surface area contributed by atoms with Gasteiger partial charge in [-0.1, -0.05) is 41.4 Å². The van der Waals surface area contributed by atoms with Gasteiger partial charge in [-0.3, -0.25) is 4.79 Å². The topological polar surface area (TPSA) is 90.3 Å². The summed E-state index contributed by atoms with van der Waals surface area (Å²) < 4.78 is 14.2. The standard InChI is InChI=1S/C28H25BrClN5O3/c1-16-4-10-21(11-5-16)34-27(36)24-17(2)33-28-31-15-32-35(28)25(24)19-12-22(29)26(23(13-19)37-3)38-14-18-6-8-20(30)9-7-18/h4-13,15,25H,14H2,1-3H3,(H,34,36)(H,31,32,33). The molecule has 3 aromatic carbocycles. The van der Waals surface area contributed by atoms with Gasteiger partial charge in [0.2, 0.25) is 5.95 Å². The van der Waals surface area contributed by atoms with Gasteiger partial charge < -0.3 is 20.1 Å². The highest BCUT2D eigenvalue weighted by atomic mass is 79.9. The maximum Gasteiger partial charge on any atom is 0.255 e. The molecule has 1 unspecified atom stereocenters. The second-order valence-corrected chi connectivity index (χ2v) is 10.2. The quantitative estimate of drug-likeness (QED) is 0.253. The Balaban J connectivity index is 1.50. The van der Waals surface area contributed by atoms with E-state index < -0.39 is 6.04 Å². The molecule has 0 radical (unpaired) electrons. The number of hydrogen-bond donors (Lipinski definition) is 2. The van der Waals surface area contributed by atoms with E-state index in [-0.39, 0.29) is 5.91 Å².